The lowest BCUT2D eigenvalue weighted by Gasteiger charge is -2.38. The van der Waals surface area contributed by atoms with Crippen LogP contribution in [0.3, 0.4) is 0 Å². The van der Waals surface area contributed by atoms with Crippen molar-refractivity contribution in [3.63, 3.8) is 0 Å². The zero-order chi connectivity index (χ0) is 17.3. The molecule has 0 aromatic carbocycles. The second-order valence-corrected chi connectivity index (χ2v) is 6.20. The topological polar surface area (TPSA) is 122 Å². The summed E-state index contributed by atoms with van der Waals surface area (Å²) < 4.78 is 5.38. The predicted octanol–water partition coefficient (Wildman–Crippen LogP) is -0.415. The average molecular weight is 325 g/mol. The van der Waals surface area contributed by atoms with E-state index in [2.05, 4.69) is 5.32 Å². The van der Waals surface area contributed by atoms with Crippen molar-refractivity contribution >= 4 is 17.8 Å². The van der Waals surface area contributed by atoms with Crippen molar-refractivity contribution in [2.45, 2.75) is 63.9 Å². The number of ether oxygens (including phenoxy) is 1. The Morgan fingerprint density at radius 3 is 2.35 bits per heavy atom. The molecule has 2 amide bonds. The lowest BCUT2D eigenvalue weighted by molar-refractivity contribution is -0.151. The number of carbonyl (C=O) groups is 3. The number of aliphatic carboxylic acids is 1. The van der Waals surface area contributed by atoms with Crippen molar-refractivity contribution in [3.8, 4) is 0 Å². The second-order valence-electron chi connectivity index (χ2n) is 6.20. The van der Waals surface area contributed by atoms with Gasteiger partial charge in [-0.2, -0.15) is 0 Å². The highest BCUT2D eigenvalue weighted by atomic mass is 16.5. The van der Waals surface area contributed by atoms with Gasteiger partial charge < -0.3 is 25.8 Å². The van der Waals surface area contributed by atoms with Gasteiger partial charge in [0.05, 0.1) is 12.1 Å². The highest BCUT2D eigenvalue weighted by molar-refractivity contribution is 5.89. The van der Waals surface area contributed by atoms with Crippen molar-refractivity contribution in [3.05, 3.63) is 11.8 Å². The quantitative estimate of drug-likeness (QED) is 0.648. The number of carbonyl (C=O) groups excluding carboxylic acids is 2. The molecule has 4 N–H and O–H groups in total. The Morgan fingerprint density at radius 1 is 1.30 bits per heavy atom. The van der Waals surface area contributed by atoms with Crippen molar-refractivity contribution in [1.29, 1.82) is 0 Å². The van der Waals surface area contributed by atoms with Gasteiger partial charge in [0.25, 0.3) is 5.91 Å². The van der Waals surface area contributed by atoms with Crippen LogP contribution < -0.4 is 11.1 Å². The molecule has 0 aliphatic carbocycles. The van der Waals surface area contributed by atoms with Gasteiger partial charge in [-0.05, 0) is 32.8 Å². The van der Waals surface area contributed by atoms with E-state index in [0.717, 1.165) is 12.8 Å². The molecule has 2 aliphatic heterocycles. The van der Waals surface area contributed by atoms with E-state index in [9.17, 15) is 14.4 Å². The predicted molar refractivity (Wildman–Crippen MR) is 81.2 cm³/mol. The smallest absolute Gasteiger partial charge is 0.370 e. The highest BCUT2D eigenvalue weighted by Gasteiger charge is 2.45. The molecule has 0 saturated carbocycles. The fourth-order valence-corrected chi connectivity index (χ4v) is 3.24. The Hall–Kier alpha value is -2.09. The standard InChI is InChI=1S/C15H23N3O5/c1-7-4-5-8(2)18(7)14(20)13-12(17-9(3)19)10(16)6-11(23-13)15(21)22/h6-8,10,12-13H,4-5,16H2,1-3H3,(H,17,19)(H,21,22)/t7?,8?,10-,12+,13+/m0/s1. The molecule has 5 atom stereocenters. The van der Waals surface area contributed by atoms with Crippen LogP contribution in [0, 0.1) is 0 Å². The average Bonchev–Trinajstić information content (AvgIpc) is 2.78. The van der Waals surface area contributed by atoms with E-state index in [1.54, 1.807) is 4.90 Å². The molecule has 2 aliphatic rings. The Kier molecular flexibility index (Phi) is 4.93. The number of carboxylic acid groups (broad SMARTS) is 1. The van der Waals surface area contributed by atoms with Crippen LogP contribution in [0.2, 0.25) is 0 Å². The Bertz CT molecular complexity index is 537. The number of likely N-dealkylation sites (tertiary alicyclic amines) is 1. The van der Waals surface area contributed by atoms with Crippen LogP contribution >= 0.6 is 0 Å². The number of nitrogens with zero attached hydrogens (tertiary/aromatic N) is 1. The lowest BCUT2D eigenvalue weighted by atomic mass is 9.97. The molecule has 8 heteroatoms. The monoisotopic (exact) mass is 325 g/mol. The SMILES string of the molecule is CC(=O)N[C@@H]1[C@@H](N)C=C(C(=O)O)O[C@H]1C(=O)N1C(C)CCC1C. The number of amides is 2. The Labute approximate surface area is 134 Å². The van der Waals surface area contributed by atoms with Crippen LogP contribution in [0.4, 0.5) is 0 Å². The molecule has 0 radical (unpaired) electrons. The molecule has 0 aromatic heterocycles. The van der Waals surface area contributed by atoms with Gasteiger partial charge in [0, 0.05) is 19.0 Å². The molecule has 1 saturated heterocycles. The number of carboxylic acids is 1. The third-order valence-corrected chi connectivity index (χ3v) is 4.37. The maximum atomic E-state index is 12.9. The maximum Gasteiger partial charge on any atom is 0.370 e. The summed E-state index contributed by atoms with van der Waals surface area (Å²) in [4.78, 5) is 37.2. The van der Waals surface area contributed by atoms with Gasteiger partial charge in [-0.15, -0.1) is 0 Å². The van der Waals surface area contributed by atoms with Crippen LogP contribution in [0.1, 0.15) is 33.6 Å². The van der Waals surface area contributed by atoms with E-state index < -0.39 is 24.2 Å². The van der Waals surface area contributed by atoms with Crippen LogP contribution in [-0.2, 0) is 19.1 Å². The van der Waals surface area contributed by atoms with Crippen molar-refractivity contribution in [1.82, 2.24) is 10.2 Å². The summed E-state index contributed by atoms with van der Waals surface area (Å²) in [5.41, 5.74) is 5.95. The summed E-state index contributed by atoms with van der Waals surface area (Å²) in [6, 6.07) is -1.55. The summed E-state index contributed by atoms with van der Waals surface area (Å²) in [6.07, 6.45) is 1.81. The van der Waals surface area contributed by atoms with E-state index in [0.29, 0.717) is 0 Å². The molecule has 0 aromatic rings. The Morgan fingerprint density at radius 2 is 1.87 bits per heavy atom. The summed E-state index contributed by atoms with van der Waals surface area (Å²) in [7, 11) is 0. The van der Waals surface area contributed by atoms with E-state index in [1.807, 2.05) is 13.8 Å². The summed E-state index contributed by atoms with van der Waals surface area (Å²) in [5, 5.41) is 11.7. The van der Waals surface area contributed by atoms with Gasteiger partial charge in [0.2, 0.25) is 11.7 Å². The summed E-state index contributed by atoms with van der Waals surface area (Å²) in [6.45, 7) is 5.18. The molecular formula is C15H23N3O5. The first-order valence-electron chi connectivity index (χ1n) is 7.69. The minimum atomic E-state index is -1.29. The molecule has 2 heterocycles. The van der Waals surface area contributed by atoms with Gasteiger partial charge >= 0.3 is 5.97 Å². The maximum absolute atomic E-state index is 12.9. The summed E-state index contributed by atoms with van der Waals surface area (Å²) >= 11 is 0. The number of hydrogen-bond acceptors (Lipinski definition) is 5. The van der Waals surface area contributed by atoms with E-state index >= 15 is 0 Å². The first-order chi connectivity index (χ1) is 10.7. The Balaban J connectivity index is 2.31. The van der Waals surface area contributed by atoms with Gasteiger partial charge in [0.1, 0.15) is 0 Å². The number of nitrogens with one attached hydrogen (secondary N) is 1. The van der Waals surface area contributed by atoms with Crippen LogP contribution in [-0.4, -0.2) is 58.1 Å². The fraction of sp³-hybridized carbons (Fsp3) is 0.667. The molecule has 0 bridgehead atoms. The number of nitrogens with two attached hydrogens (primary N) is 1. The lowest BCUT2D eigenvalue weighted by Crippen LogP contribution is -2.62. The minimum Gasteiger partial charge on any atom is -0.475 e. The van der Waals surface area contributed by atoms with Crippen molar-refractivity contribution in [2.75, 3.05) is 0 Å². The van der Waals surface area contributed by atoms with Gasteiger partial charge in [-0.1, -0.05) is 0 Å². The molecule has 128 valence electrons. The number of hydrogen-bond donors (Lipinski definition) is 3. The highest BCUT2D eigenvalue weighted by Crippen LogP contribution is 2.28. The molecule has 2 rings (SSSR count). The fourth-order valence-electron chi connectivity index (χ4n) is 3.24. The van der Waals surface area contributed by atoms with Gasteiger partial charge in [-0.25, -0.2) is 4.79 Å². The largest absolute Gasteiger partial charge is 0.475 e. The van der Waals surface area contributed by atoms with Crippen molar-refractivity contribution < 1.29 is 24.2 Å². The molecule has 2 unspecified atom stereocenters. The minimum absolute atomic E-state index is 0.0366. The van der Waals surface area contributed by atoms with Gasteiger partial charge in [-0.3, -0.25) is 9.59 Å². The normalized spacial score (nSPS) is 33.7. The zero-order valence-electron chi connectivity index (χ0n) is 13.5. The molecular weight excluding hydrogens is 302 g/mol. The second kappa shape index (κ2) is 6.57. The molecule has 1 fully saturated rings. The first kappa shape index (κ1) is 17.3. The number of rotatable bonds is 3. The van der Waals surface area contributed by atoms with E-state index in [1.165, 1.54) is 13.0 Å². The summed E-state index contributed by atoms with van der Waals surface area (Å²) in [5.74, 6) is -2.36. The molecule has 0 spiro atoms. The first-order valence-corrected chi connectivity index (χ1v) is 7.69. The third kappa shape index (κ3) is 3.47. The van der Waals surface area contributed by atoms with Gasteiger partial charge in [0.15, 0.2) is 6.10 Å². The molecule has 23 heavy (non-hydrogen) atoms. The van der Waals surface area contributed by atoms with E-state index in [-0.39, 0.29) is 29.7 Å². The van der Waals surface area contributed by atoms with Crippen LogP contribution in [0.5, 0.6) is 0 Å². The molecule has 8 nitrogen and oxygen atoms in total. The van der Waals surface area contributed by atoms with Crippen LogP contribution in [0.15, 0.2) is 11.8 Å². The van der Waals surface area contributed by atoms with Crippen molar-refractivity contribution in [2.24, 2.45) is 5.73 Å². The third-order valence-electron chi connectivity index (χ3n) is 4.37. The van der Waals surface area contributed by atoms with E-state index in [4.69, 9.17) is 15.6 Å². The zero-order valence-corrected chi connectivity index (χ0v) is 13.5. The van der Waals surface area contributed by atoms with Crippen LogP contribution in [0.25, 0.3) is 0 Å².